The second-order valence-electron chi connectivity index (χ2n) is 6.54. The van der Waals surface area contributed by atoms with Gasteiger partial charge in [-0.2, -0.15) is 0 Å². The van der Waals surface area contributed by atoms with E-state index in [-0.39, 0.29) is 6.04 Å². The van der Waals surface area contributed by atoms with Crippen LogP contribution in [-0.2, 0) is 6.54 Å². The van der Waals surface area contributed by atoms with E-state index in [1.165, 1.54) is 5.56 Å². The van der Waals surface area contributed by atoms with Crippen molar-refractivity contribution in [3.63, 3.8) is 0 Å². The minimum Gasteiger partial charge on any atom is -0.508 e. The van der Waals surface area contributed by atoms with Gasteiger partial charge in [-0.1, -0.05) is 53.2 Å². The number of phenolic OH excluding ortho intramolecular Hbond substituents is 1. The van der Waals surface area contributed by atoms with Gasteiger partial charge in [-0.05, 0) is 36.6 Å². The van der Waals surface area contributed by atoms with Crippen LogP contribution in [-0.4, -0.2) is 29.1 Å². The highest BCUT2D eigenvalue weighted by atomic mass is 79.9. The third-order valence-electron chi connectivity index (χ3n) is 4.73. The van der Waals surface area contributed by atoms with Crippen LogP contribution in [0.1, 0.15) is 36.9 Å². The molecule has 0 aliphatic carbocycles. The first kappa shape index (κ1) is 17.5. The molecule has 1 aliphatic heterocycles. The van der Waals surface area contributed by atoms with Gasteiger partial charge in [0.15, 0.2) is 0 Å². The number of halogens is 1. The van der Waals surface area contributed by atoms with Gasteiger partial charge in [-0.15, -0.1) is 0 Å². The largest absolute Gasteiger partial charge is 0.508 e. The van der Waals surface area contributed by atoms with E-state index in [0.717, 1.165) is 42.5 Å². The van der Waals surface area contributed by atoms with Crippen molar-refractivity contribution >= 4 is 15.9 Å². The number of aromatic hydroxyl groups is 1. The molecule has 128 valence electrons. The summed E-state index contributed by atoms with van der Waals surface area (Å²) in [7, 11) is 0. The molecule has 1 heterocycles. The fourth-order valence-electron chi connectivity index (χ4n) is 3.47. The smallest absolute Gasteiger partial charge is 0.120 e. The molecule has 3 rings (SSSR count). The summed E-state index contributed by atoms with van der Waals surface area (Å²) in [5.74, 6) is 0.372. The fraction of sp³-hybridized carbons (Fsp3) is 0.400. The molecule has 0 radical (unpaired) electrons. The van der Waals surface area contributed by atoms with E-state index in [4.69, 9.17) is 0 Å². The topological polar surface area (TPSA) is 35.5 Å². The molecule has 0 saturated carbocycles. The van der Waals surface area contributed by atoms with E-state index in [1.807, 2.05) is 12.1 Å². The Balaban J connectivity index is 1.60. The molecule has 2 aromatic carbocycles. The molecule has 2 unspecified atom stereocenters. The maximum absolute atomic E-state index is 10.2. The molecule has 2 atom stereocenters. The maximum atomic E-state index is 10.2. The summed E-state index contributed by atoms with van der Waals surface area (Å²) in [6, 6.07) is 17.0. The second-order valence-corrected chi connectivity index (χ2v) is 7.45. The third-order valence-corrected chi connectivity index (χ3v) is 5.22. The van der Waals surface area contributed by atoms with Gasteiger partial charge in [0.1, 0.15) is 5.75 Å². The molecular formula is C20H25BrN2O. The second kappa shape index (κ2) is 8.15. The highest BCUT2D eigenvalue weighted by molar-refractivity contribution is 9.10. The predicted octanol–water partition coefficient (Wildman–Crippen LogP) is 4.47. The Labute approximate surface area is 152 Å². The van der Waals surface area contributed by atoms with Crippen LogP contribution >= 0.6 is 15.9 Å². The van der Waals surface area contributed by atoms with Gasteiger partial charge < -0.3 is 10.4 Å². The van der Waals surface area contributed by atoms with Crippen LogP contribution in [0.25, 0.3) is 0 Å². The molecule has 0 spiro atoms. The normalized spacial score (nSPS) is 19.5. The molecule has 0 amide bonds. The van der Waals surface area contributed by atoms with Gasteiger partial charge in [-0.3, -0.25) is 4.90 Å². The van der Waals surface area contributed by atoms with E-state index in [9.17, 15) is 5.11 Å². The first-order valence-electron chi connectivity index (χ1n) is 8.66. The minimum absolute atomic E-state index is 0.184. The monoisotopic (exact) mass is 388 g/mol. The van der Waals surface area contributed by atoms with Crippen molar-refractivity contribution in [2.45, 2.75) is 38.4 Å². The van der Waals surface area contributed by atoms with Crippen molar-refractivity contribution in [3.05, 3.63) is 64.1 Å². The highest BCUT2D eigenvalue weighted by Crippen LogP contribution is 2.30. The SMILES string of the molecule is CCC(NC1CCN(Cc2ccccc2)C1)c1cc(Br)ccc1O. The lowest BCUT2D eigenvalue weighted by molar-refractivity contribution is 0.312. The first-order chi connectivity index (χ1) is 11.7. The number of hydrogen-bond donors (Lipinski definition) is 2. The van der Waals surface area contributed by atoms with Crippen molar-refractivity contribution in [2.24, 2.45) is 0 Å². The van der Waals surface area contributed by atoms with E-state index >= 15 is 0 Å². The van der Waals surface area contributed by atoms with E-state index < -0.39 is 0 Å². The first-order valence-corrected chi connectivity index (χ1v) is 9.45. The van der Waals surface area contributed by atoms with Crippen LogP contribution in [0.2, 0.25) is 0 Å². The fourth-order valence-corrected chi connectivity index (χ4v) is 3.85. The Morgan fingerprint density at radius 2 is 2.04 bits per heavy atom. The Morgan fingerprint density at radius 3 is 2.79 bits per heavy atom. The molecule has 1 aliphatic rings. The van der Waals surface area contributed by atoms with Crippen molar-refractivity contribution in [1.82, 2.24) is 10.2 Å². The van der Waals surface area contributed by atoms with Crippen LogP contribution in [0.15, 0.2) is 53.0 Å². The molecular weight excluding hydrogens is 364 g/mol. The van der Waals surface area contributed by atoms with Crippen molar-refractivity contribution in [1.29, 1.82) is 0 Å². The zero-order chi connectivity index (χ0) is 16.9. The molecule has 24 heavy (non-hydrogen) atoms. The van der Waals surface area contributed by atoms with E-state index in [2.05, 4.69) is 63.4 Å². The molecule has 2 N–H and O–H groups in total. The Morgan fingerprint density at radius 1 is 1.25 bits per heavy atom. The van der Waals surface area contributed by atoms with Gasteiger partial charge in [0.05, 0.1) is 0 Å². The number of rotatable bonds is 6. The predicted molar refractivity (Wildman–Crippen MR) is 102 cm³/mol. The lowest BCUT2D eigenvalue weighted by atomic mass is 10.0. The molecule has 0 aromatic heterocycles. The van der Waals surface area contributed by atoms with Crippen molar-refractivity contribution < 1.29 is 5.11 Å². The lowest BCUT2D eigenvalue weighted by Gasteiger charge is -2.24. The summed E-state index contributed by atoms with van der Waals surface area (Å²) in [6.45, 7) is 5.35. The van der Waals surface area contributed by atoms with Crippen LogP contribution in [0.3, 0.4) is 0 Å². The number of hydrogen-bond acceptors (Lipinski definition) is 3. The van der Waals surface area contributed by atoms with Gasteiger partial charge in [0.25, 0.3) is 0 Å². The maximum Gasteiger partial charge on any atom is 0.120 e. The number of benzene rings is 2. The third kappa shape index (κ3) is 4.38. The number of nitrogens with zero attached hydrogens (tertiary/aromatic N) is 1. The van der Waals surface area contributed by atoms with Crippen molar-refractivity contribution in [2.75, 3.05) is 13.1 Å². The molecule has 4 heteroatoms. The Bertz CT molecular complexity index is 662. The van der Waals surface area contributed by atoms with E-state index in [1.54, 1.807) is 6.07 Å². The van der Waals surface area contributed by atoms with Crippen molar-refractivity contribution in [3.8, 4) is 5.75 Å². The number of likely N-dealkylation sites (tertiary alicyclic amines) is 1. The van der Waals surface area contributed by atoms with E-state index in [0.29, 0.717) is 11.8 Å². The Hall–Kier alpha value is -1.36. The van der Waals surface area contributed by atoms with Gasteiger partial charge in [0, 0.05) is 41.8 Å². The number of nitrogens with one attached hydrogen (secondary N) is 1. The summed E-state index contributed by atoms with van der Waals surface area (Å²) < 4.78 is 1.01. The quantitative estimate of drug-likeness (QED) is 0.765. The van der Waals surface area contributed by atoms with Gasteiger partial charge in [0.2, 0.25) is 0 Å². The van der Waals surface area contributed by atoms with Gasteiger partial charge in [-0.25, -0.2) is 0 Å². The van der Waals surface area contributed by atoms with Crippen LogP contribution in [0, 0.1) is 0 Å². The summed E-state index contributed by atoms with van der Waals surface area (Å²) in [6.07, 6.45) is 2.11. The molecule has 1 fully saturated rings. The summed E-state index contributed by atoms with van der Waals surface area (Å²) in [4.78, 5) is 2.50. The summed E-state index contributed by atoms with van der Waals surface area (Å²) >= 11 is 3.51. The zero-order valence-corrected chi connectivity index (χ0v) is 15.7. The average Bonchev–Trinajstić information content (AvgIpc) is 3.03. The zero-order valence-electron chi connectivity index (χ0n) is 14.1. The molecule has 1 saturated heterocycles. The molecule has 0 bridgehead atoms. The highest BCUT2D eigenvalue weighted by Gasteiger charge is 2.25. The lowest BCUT2D eigenvalue weighted by Crippen LogP contribution is -2.35. The van der Waals surface area contributed by atoms with Crippen LogP contribution in [0.5, 0.6) is 5.75 Å². The molecule has 3 nitrogen and oxygen atoms in total. The summed E-state index contributed by atoms with van der Waals surface area (Å²) in [5, 5.41) is 13.9. The van der Waals surface area contributed by atoms with Crippen LogP contribution in [0.4, 0.5) is 0 Å². The average molecular weight is 389 g/mol. The number of phenols is 1. The Kier molecular flexibility index (Phi) is 5.93. The van der Waals surface area contributed by atoms with Gasteiger partial charge >= 0.3 is 0 Å². The minimum atomic E-state index is 0.184. The summed E-state index contributed by atoms with van der Waals surface area (Å²) in [5.41, 5.74) is 2.35. The standard InChI is InChI=1S/C20H25BrN2O/c1-2-19(18-12-16(21)8-9-20(18)24)22-17-10-11-23(14-17)13-15-6-4-3-5-7-15/h3-9,12,17,19,22,24H,2,10-11,13-14H2,1H3. The van der Waals surface area contributed by atoms with Crippen LogP contribution < -0.4 is 5.32 Å². The molecule has 2 aromatic rings.